The molecule has 0 spiro atoms. The Balaban J connectivity index is 1.57. The molecule has 1 aliphatic heterocycles. The summed E-state index contributed by atoms with van der Waals surface area (Å²) in [6, 6.07) is 5.88. The zero-order chi connectivity index (χ0) is 22.1. The molecular weight excluding hydrogens is 412 g/mol. The Morgan fingerprint density at radius 2 is 2.03 bits per heavy atom. The first kappa shape index (κ1) is 21.7. The highest BCUT2D eigenvalue weighted by molar-refractivity contribution is 7.20. The van der Waals surface area contributed by atoms with Gasteiger partial charge in [0.25, 0.3) is 11.5 Å². The summed E-state index contributed by atoms with van der Waals surface area (Å²) >= 11 is 1.26. The Kier molecular flexibility index (Phi) is 6.22. The first-order valence-electron chi connectivity index (χ1n) is 10.6. The maximum absolute atomic E-state index is 12.9. The molecule has 0 saturated carbocycles. The third kappa shape index (κ3) is 4.56. The monoisotopic (exact) mass is 440 g/mol. The maximum Gasteiger partial charge on any atom is 0.266 e. The number of aromatic nitrogens is 2. The van der Waals surface area contributed by atoms with Crippen molar-refractivity contribution in [3.63, 3.8) is 0 Å². The Morgan fingerprint density at radius 3 is 2.71 bits per heavy atom. The SMILES string of the molecule is Cc1ccc(NC(=O)c2sc3nc(CN4CCC(CO)CC4)[nH]c(=O)c3c2C)c(C)c1. The quantitative estimate of drug-likeness (QED) is 0.565. The molecule has 7 nitrogen and oxygen atoms in total. The van der Waals surface area contributed by atoms with Crippen molar-refractivity contribution >= 4 is 33.1 Å². The van der Waals surface area contributed by atoms with Crippen molar-refractivity contribution in [1.82, 2.24) is 14.9 Å². The number of likely N-dealkylation sites (tertiary alicyclic amines) is 1. The lowest BCUT2D eigenvalue weighted by molar-refractivity contribution is 0.103. The number of amides is 1. The van der Waals surface area contributed by atoms with Gasteiger partial charge in [0.2, 0.25) is 0 Å². The van der Waals surface area contributed by atoms with E-state index in [0.717, 1.165) is 42.7 Å². The van der Waals surface area contributed by atoms with Gasteiger partial charge in [0.1, 0.15) is 10.7 Å². The van der Waals surface area contributed by atoms with E-state index in [1.807, 2.05) is 32.0 Å². The van der Waals surface area contributed by atoms with E-state index in [0.29, 0.717) is 38.9 Å². The molecule has 0 bridgehead atoms. The number of aromatic amines is 1. The molecular formula is C23H28N4O3S. The molecule has 0 atom stereocenters. The van der Waals surface area contributed by atoms with Gasteiger partial charge < -0.3 is 15.4 Å². The molecule has 3 heterocycles. The highest BCUT2D eigenvalue weighted by Crippen LogP contribution is 2.29. The van der Waals surface area contributed by atoms with Crippen molar-refractivity contribution in [2.24, 2.45) is 5.92 Å². The van der Waals surface area contributed by atoms with E-state index < -0.39 is 0 Å². The van der Waals surface area contributed by atoms with Crippen LogP contribution in [0.25, 0.3) is 10.2 Å². The molecule has 1 saturated heterocycles. The van der Waals surface area contributed by atoms with E-state index in [4.69, 9.17) is 0 Å². The van der Waals surface area contributed by atoms with Crippen LogP contribution in [0.2, 0.25) is 0 Å². The van der Waals surface area contributed by atoms with Crippen LogP contribution in [0.5, 0.6) is 0 Å². The predicted molar refractivity (Wildman–Crippen MR) is 124 cm³/mol. The largest absolute Gasteiger partial charge is 0.396 e. The normalized spacial score (nSPS) is 15.5. The van der Waals surface area contributed by atoms with Crippen LogP contribution < -0.4 is 10.9 Å². The van der Waals surface area contributed by atoms with Crippen LogP contribution in [-0.2, 0) is 6.54 Å². The number of nitrogens with zero attached hydrogens (tertiary/aromatic N) is 2. The molecule has 3 N–H and O–H groups in total. The average Bonchev–Trinajstić information content (AvgIpc) is 3.07. The van der Waals surface area contributed by atoms with E-state index in [2.05, 4.69) is 20.2 Å². The zero-order valence-electron chi connectivity index (χ0n) is 18.1. The molecule has 1 aliphatic rings. The van der Waals surface area contributed by atoms with Gasteiger partial charge in [-0.05, 0) is 69.8 Å². The van der Waals surface area contributed by atoms with Crippen molar-refractivity contribution in [1.29, 1.82) is 0 Å². The molecule has 0 radical (unpaired) electrons. The van der Waals surface area contributed by atoms with Gasteiger partial charge in [-0.25, -0.2) is 4.98 Å². The molecule has 2 aromatic heterocycles. The molecule has 164 valence electrons. The van der Waals surface area contributed by atoms with Crippen LogP contribution in [0, 0.1) is 26.7 Å². The number of hydrogen-bond acceptors (Lipinski definition) is 6. The third-order valence-electron chi connectivity index (χ3n) is 6.02. The minimum Gasteiger partial charge on any atom is -0.396 e. The molecule has 1 aromatic carbocycles. The highest BCUT2D eigenvalue weighted by Gasteiger charge is 2.22. The summed E-state index contributed by atoms with van der Waals surface area (Å²) in [4.78, 5) is 36.6. The number of aliphatic hydroxyl groups excluding tert-OH is 1. The number of benzene rings is 1. The Hall–Kier alpha value is -2.55. The zero-order valence-corrected chi connectivity index (χ0v) is 18.9. The molecule has 3 aromatic rings. The molecule has 31 heavy (non-hydrogen) atoms. The van der Waals surface area contributed by atoms with Crippen LogP contribution >= 0.6 is 11.3 Å². The Bertz CT molecular complexity index is 1180. The molecule has 4 rings (SSSR count). The predicted octanol–water partition coefficient (Wildman–Crippen LogP) is 3.37. The summed E-state index contributed by atoms with van der Waals surface area (Å²) in [6.07, 6.45) is 1.90. The van der Waals surface area contributed by atoms with Gasteiger partial charge in [-0.2, -0.15) is 0 Å². The first-order chi connectivity index (χ1) is 14.9. The van der Waals surface area contributed by atoms with Crippen molar-refractivity contribution in [3.05, 3.63) is 55.9 Å². The number of hydrogen-bond donors (Lipinski definition) is 3. The summed E-state index contributed by atoms with van der Waals surface area (Å²) in [5, 5.41) is 12.8. The number of piperidine rings is 1. The minimum absolute atomic E-state index is 0.204. The van der Waals surface area contributed by atoms with Crippen molar-refractivity contribution in [2.75, 3.05) is 25.0 Å². The van der Waals surface area contributed by atoms with Gasteiger partial charge in [-0.1, -0.05) is 17.7 Å². The molecule has 1 amide bonds. The van der Waals surface area contributed by atoms with Crippen LogP contribution in [0.3, 0.4) is 0 Å². The number of carbonyl (C=O) groups excluding carboxylic acids is 1. The van der Waals surface area contributed by atoms with E-state index in [9.17, 15) is 14.7 Å². The van der Waals surface area contributed by atoms with Gasteiger partial charge in [0, 0.05) is 12.3 Å². The fraction of sp³-hybridized carbons (Fsp3) is 0.435. The van der Waals surface area contributed by atoms with Crippen LogP contribution in [0.15, 0.2) is 23.0 Å². The van der Waals surface area contributed by atoms with E-state index in [1.54, 1.807) is 6.92 Å². The summed E-state index contributed by atoms with van der Waals surface area (Å²) < 4.78 is 0. The van der Waals surface area contributed by atoms with Gasteiger partial charge >= 0.3 is 0 Å². The van der Waals surface area contributed by atoms with Gasteiger partial charge in [0.15, 0.2) is 0 Å². The second-order valence-corrected chi connectivity index (χ2v) is 9.42. The second-order valence-electron chi connectivity index (χ2n) is 8.42. The number of nitrogens with one attached hydrogen (secondary N) is 2. The van der Waals surface area contributed by atoms with E-state index in [-0.39, 0.29) is 18.1 Å². The Labute approximate surface area is 185 Å². The lowest BCUT2D eigenvalue weighted by atomic mass is 9.98. The number of aryl methyl sites for hydroxylation is 3. The van der Waals surface area contributed by atoms with Crippen molar-refractivity contribution in [3.8, 4) is 0 Å². The van der Waals surface area contributed by atoms with Crippen LogP contribution in [-0.4, -0.2) is 45.6 Å². The molecule has 8 heteroatoms. The standard InChI is InChI=1S/C23H28N4O3S/c1-13-4-5-17(14(2)10-13)24-22(30)20-15(3)19-21(29)25-18(26-23(19)31-20)11-27-8-6-16(12-28)7-9-27/h4-5,10,16,28H,6-9,11-12H2,1-3H3,(H,24,30)(H,25,26,29). The van der Waals surface area contributed by atoms with Crippen molar-refractivity contribution < 1.29 is 9.90 Å². The molecule has 0 aliphatic carbocycles. The van der Waals surface area contributed by atoms with Crippen LogP contribution in [0.4, 0.5) is 5.69 Å². The fourth-order valence-corrected chi connectivity index (χ4v) is 5.25. The fourth-order valence-electron chi connectivity index (χ4n) is 4.15. The second kappa shape index (κ2) is 8.90. The Morgan fingerprint density at radius 1 is 1.29 bits per heavy atom. The number of fused-ring (bicyclic) bond motifs is 1. The minimum atomic E-state index is -0.223. The highest BCUT2D eigenvalue weighted by atomic mass is 32.1. The summed E-state index contributed by atoms with van der Waals surface area (Å²) in [5.74, 6) is 0.755. The lowest BCUT2D eigenvalue weighted by Gasteiger charge is -2.30. The van der Waals surface area contributed by atoms with Gasteiger partial charge in [-0.15, -0.1) is 11.3 Å². The van der Waals surface area contributed by atoms with E-state index in [1.165, 1.54) is 11.3 Å². The summed E-state index contributed by atoms with van der Waals surface area (Å²) in [6.45, 7) is 8.31. The molecule has 1 fully saturated rings. The number of H-pyrrole nitrogens is 1. The third-order valence-corrected chi connectivity index (χ3v) is 7.21. The smallest absolute Gasteiger partial charge is 0.266 e. The number of rotatable bonds is 5. The van der Waals surface area contributed by atoms with Gasteiger partial charge in [-0.3, -0.25) is 14.5 Å². The van der Waals surface area contributed by atoms with Crippen LogP contribution in [0.1, 0.15) is 45.0 Å². The number of thiophene rings is 1. The topological polar surface area (TPSA) is 98.3 Å². The maximum atomic E-state index is 12.9. The number of carbonyl (C=O) groups is 1. The molecule has 0 unspecified atom stereocenters. The lowest BCUT2D eigenvalue weighted by Crippen LogP contribution is -2.35. The average molecular weight is 441 g/mol. The van der Waals surface area contributed by atoms with Crippen molar-refractivity contribution in [2.45, 2.75) is 40.2 Å². The van der Waals surface area contributed by atoms with Gasteiger partial charge in [0.05, 0.1) is 16.8 Å². The number of anilines is 1. The summed E-state index contributed by atoms with van der Waals surface area (Å²) in [5.41, 5.74) is 3.35. The number of aliphatic hydroxyl groups is 1. The first-order valence-corrected chi connectivity index (χ1v) is 11.4. The summed E-state index contributed by atoms with van der Waals surface area (Å²) in [7, 11) is 0. The van der Waals surface area contributed by atoms with E-state index >= 15 is 0 Å².